The molecule has 1 aromatic heterocycles. The average Bonchev–Trinajstić information content (AvgIpc) is 3.03. The van der Waals surface area contributed by atoms with Crippen molar-refractivity contribution in [2.24, 2.45) is 0 Å². The van der Waals surface area contributed by atoms with E-state index in [4.69, 9.17) is 16.6 Å². The van der Waals surface area contributed by atoms with Gasteiger partial charge in [0, 0.05) is 34.8 Å². The number of nitrogens with zero attached hydrogens (tertiary/aromatic N) is 2. The van der Waals surface area contributed by atoms with E-state index in [2.05, 4.69) is 32.3 Å². The van der Waals surface area contributed by atoms with E-state index < -0.39 is 0 Å². The fourth-order valence-electron chi connectivity index (χ4n) is 2.81. The van der Waals surface area contributed by atoms with E-state index in [1.807, 2.05) is 25.2 Å². The van der Waals surface area contributed by atoms with Gasteiger partial charge in [0.2, 0.25) is 0 Å². The van der Waals surface area contributed by atoms with Gasteiger partial charge in [-0.2, -0.15) is 0 Å². The summed E-state index contributed by atoms with van der Waals surface area (Å²) in [5.41, 5.74) is 1.99. The van der Waals surface area contributed by atoms with Gasteiger partial charge in [0.25, 0.3) is 0 Å². The van der Waals surface area contributed by atoms with Crippen LogP contribution >= 0.6 is 27.5 Å². The van der Waals surface area contributed by atoms with Crippen molar-refractivity contribution in [3.8, 4) is 11.4 Å². The highest BCUT2D eigenvalue weighted by Gasteiger charge is 2.20. The van der Waals surface area contributed by atoms with Crippen molar-refractivity contribution in [1.29, 1.82) is 0 Å². The largest absolute Gasteiger partial charge is 0.373 e. The van der Waals surface area contributed by atoms with Crippen molar-refractivity contribution in [3.63, 3.8) is 0 Å². The lowest BCUT2D eigenvalue weighted by Gasteiger charge is -2.13. The molecule has 0 aliphatic heterocycles. The van der Waals surface area contributed by atoms with Gasteiger partial charge in [-0.1, -0.05) is 40.4 Å². The molecule has 1 fully saturated rings. The number of nitrogens with one attached hydrogen (secondary N) is 1. The lowest BCUT2D eigenvalue weighted by atomic mass is 10.0. The normalized spacial score (nSPS) is 15.4. The van der Waals surface area contributed by atoms with Crippen LogP contribution in [0.1, 0.15) is 37.3 Å². The van der Waals surface area contributed by atoms with Crippen LogP contribution in [0.3, 0.4) is 0 Å². The Balaban J connectivity index is 2.08. The number of rotatable bonds is 3. The molecule has 3 rings (SSSR count). The molecule has 1 N–H and O–H groups in total. The zero-order chi connectivity index (χ0) is 14.8. The van der Waals surface area contributed by atoms with Crippen LogP contribution in [-0.2, 0) is 0 Å². The Morgan fingerprint density at radius 1 is 1.19 bits per heavy atom. The van der Waals surface area contributed by atoms with Crippen molar-refractivity contribution in [1.82, 2.24) is 9.97 Å². The van der Waals surface area contributed by atoms with Crippen LogP contribution < -0.4 is 5.32 Å². The molecule has 1 saturated carbocycles. The van der Waals surface area contributed by atoms with E-state index in [9.17, 15) is 0 Å². The van der Waals surface area contributed by atoms with Crippen LogP contribution in [0.4, 0.5) is 5.82 Å². The van der Waals surface area contributed by atoms with Gasteiger partial charge in [-0.25, -0.2) is 9.97 Å². The zero-order valence-electron chi connectivity index (χ0n) is 11.9. The molecule has 5 heteroatoms. The average molecular weight is 367 g/mol. The monoisotopic (exact) mass is 365 g/mol. The van der Waals surface area contributed by atoms with E-state index in [1.165, 1.54) is 25.7 Å². The molecule has 1 aromatic carbocycles. The number of hydrogen-bond donors (Lipinski definition) is 1. The Labute approximate surface area is 138 Å². The molecule has 1 aliphatic rings. The molecule has 3 nitrogen and oxygen atoms in total. The minimum absolute atomic E-state index is 0.546. The Bertz CT molecular complexity index is 654. The maximum absolute atomic E-state index is 6.32. The summed E-state index contributed by atoms with van der Waals surface area (Å²) in [6.45, 7) is 0. The smallest absolute Gasteiger partial charge is 0.163 e. The van der Waals surface area contributed by atoms with E-state index in [0.717, 1.165) is 21.5 Å². The molecule has 0 radical (unpaired) electrons. The van der Waals surface area contributed by atoms with Crippen LogP contribution in [0.25, 0.3) is 11.4 Å². The predicted octanol–water partition coefficient (Wildman–Crippen LogP) is 5.26. The second-order valence-corrected chi connectivity index (χ2v) is 6.68. The summed E-state index contributed by atoms with van der Waals surface area (Å²) >= 11 is 9.80. The molecular formula is C16H17BrClN3. The van der Waals surface area contributed by atoms with Crippen LogP contribution in [0.5, 0.6) is 0 Å². The molecule has 2 aromatic rings. The van der Waals surface area contributed by atoms with Crippen molar-refractivity contribution in [3.05, 3.63) is 39.5 Å². The first-order chi connectivity index (χ1) is 10.2. The fourth-order valence-corrected chi connectivity index (χ4v) is 3.38. The first-order valence-electron chi connectivity index (χ1n) is 7.19. The standard InChI is InChI=1S/C16H17BrClN3/c1-19-15-9-14(10-4-2-3-5-10)20-16(21-15)12-8-11(17)6-7-13(12)18/h6-10H,2-5H2,1H3,(H,19,20,21). The Hall–Kier alpha value is -1.13. The lowest BCUT2D eigenvalue weighted by Crippen LogP contribution is -2.04. The Morgan fingerprint density at radius 3 is 2.67 bits per heavy atom. The molecule has 0 spiro atoms. The van der Waals surface area contributed by atoms with E-state index >= 15 is 0 Å². The highest BCUT2D eigenvalue weighted by molar-refractivity contribution is 9.10. The molecule has 21 heavy (non-hydrogen) atoms. The van der Waals surface area contributed by atoms with Gasteiger partial charge in [-0.15, -0.1) is 0 Å². The maximum Gasteiger partial charge on any atom is 0.163 e. The van der Waals surface area contributed by atoms with Crippen LogP contribution in [0.2, 0.25) is 5.02 Å². The van der Waals surface area contributed by atoms with Crippen molar-refractivity contribution in [2.45, 2.75) is 31.6 Å². The van der Waals surface area contributed by atoms with Gasteiger partial charge >= 0.3 is 0 Å². The predicted molar refractivity (Wildman–Crippen MR) is 90.9 cm³/mol. The van der Waals surface area contributed by atoms with E-state index in [-0.39, 0.29) is 0 Å². The van der Waals surface area contributed by atoms with Gasteiger partial charge in [0.1, 0.15) is 5.82 Å². The topological polar surface area (TPSA) is 37.8 Å². The Kier molecular flexibility index (Phi) is 4.45. The lowest BCUT2D eigenvalue weighted by molar-refractivity contribution is 0.696. The molecule has 0 unspecified atom stereocenters. The molecule has 0 bridgehead atoms. The van der Waals surface area contributed by atoms with Crippen molar-refractivity contribution in [2.75, 3.05) is 12.4 Å². The highest BCUT2D eigenvalue weighted by atomic mass is 79.9. The first-order valence-corrected chi connectivity index (χ1v) is 8.36. The SMILES string of the molecule is CNc1cc(C2CCCC2)nc(-c2cc(Br)ccc2Cl)n1. The summed E-state index contributed by atoms with van der Waals surface area (Å²) in [5.74, 6) is 2.08. The molecule has 1 heterocycles. The van der Waals surface area contributed by atoms with E-state index in [0.29, 0.717) is 16.8 Å². The van der Waals surface area contributed by atoms with E-state index in [1.54, 1.807) is 0 Å². The summed E-state index contributed by atoms with van der Waals surface area (Å²) in [5, 5.41) is 3.80. The van der Waals surface area contributed by atoms with Crippen LogP contribution in [0.15, 0.2) is 28.7 Å². The zero-order valence-corrected chi connectivity index (χ0v) is 14.2. The van der Waals surface area contributed by atoms with Gasteiger partial charge in [0.05, 0.1) is 5.02 Å². The van der Waals surface area contributed by atoms with Crippen LogP contribution in [-0.4, -0.2) is 17.0 Å². The fraction of sp³-hybridized carbons (Fsp3) is 0.375. The quantitative estimate of drug-likeness (QED) is 0.805. The summed E-state index contributed by atoms with van der Waals surface area (Å²) < 4.78 is 0.975. The minimum Gasteiger partial charge on any atom is -0.373 e. The molecule has 0 saturated heterocycles. The second-order valence-electron chi connectivity index (χ2n) is 5.36. The third-order valence-corrected chi connectivity index (χ3v) is 4.77. The second kappa shape index (κ2) is 6.32. The minimum atomic E-state index is 0.546. The third-order valence-electron chi connectivity index (χ3n) is 3.94. The highest BCUT2D eigenvalue weighted by Crippen LogP contribution is 2.36. The summed E-state index contributed by atoms with van der Waals surface area (Å²) in [6.07, 6.45) is 5.00. The number of anilines is 1. The molecule has 110 valence electrons. The number of aromatic nitrogens is 2. The summed E-state index contributed by atoms with van der Waals surface area (Å²) in [4.78, 5) is 9.35. The van der Waals surface area contributed by atoms with Crippen molar-refractivity contribution < 1.29 is 0 Å². The molecular weight excluding hydrogens is 350 g/mol. The Morgan fingerprint density at radius 2 is 1.95 bits per heavy atom. The molecule has 0 amide bonds. The first kappa shape index (κ1) is 14.8. The van der Waals surface area contributed by atoms with Gasteiger partial charge in [-0.3, -0.25) is 0 Å². The number of hydrogen-bond acceptors (Lipinski definition) is 3. The number of halogens is 2. The third kappa shape index (κ3) is 3.22. The maximum atomic E-state index is 6.32. The summed E-state index contributed by atoms with van der Waals surface area (Å²) in [7, 11) is 1.88. The van der Waals surface area contributed by atoms with Crippen LogP contribution in [0, 0.1) is 0 Å². The van der Waals surface area contributed by atoms with Crippen molar-refractivity contribution >= 4 is 33.3 Å². The molecule has 0 atom stereocenters. The molecule has 1 aliphatic carbocycles. The van der Waals surface area contributed by atoms with Gasteiger partial charge in [0.15, 0.2) is 5.82 Å². The van der Waals surface area contributed by atoms with Gasteiger partial charge in [-0.05, 0) is 31.0 Å². The van der Waals surface area contributed by atoms with Gasteiger partial charge < -0.3 is 5.32 Å². The number of benzene rings is 1. The summed E-state index contributed by atoms with van der Waals surface area (Å²) in [6, 6.07) is 7.82.